The molecular formula is C20H15Cl3N2O2. The summed E-state index contributed by atoms with van der Waals surface area (Å²) in [6.07, 6.45) is 1.73. The van der Waals surface area contributed by atoms with Crippen LogP contribution < -0.4 is 5.73 Å². The van der Waals surface area contributed by atoms with Crippen molar-refractivity contribution in [2.24, 2.45) is 5.73 Å². The minimum absolute atomic E-state index is 0.132. The molecule has 1 aromatic heterocycles. The summed E-state index contributed by atoms with van der Waals surface area (Å²) in [4.78, 5) is 24.4. The molecule has 2 aromatic carbocycles. The fraction of sp³-hybridized carbons (Fsp3) is 0.100. The highest BCUT2D eigenvalue weighted by Crippen LogP contribution is 2.37. The second-order valence-corrected chi connectivity index (χ2v) is 7.24. The van der Waals surface area contributed by atoms with Crippen LogP contribution in [0, 0.1) is 0 Å². The summed E-state index contributed by atoms with van der Waals surface area (Å²) in [5.74, 6) is -1.65. The standard InChI is InChI=1S/C20H15Cl3N2O2/c1-11(26)13-8-7-12(21)10-17(13)25-9-3-6-16(25)19(20(24)27)18-14(22)4-2-5-15(18)23/h2-10,19H,1H3,(H2,24,27). The Morgan fingerprint density at radius 2 is 1.67 bits per heavy atom. The number of amides is 1. The van der Waals surface area contributed by atoms with Gasteiger partial charge in [0.25, 0.3) is 0 Å². The maximum Gasteiger partial charge on any atom is 0.231 e. The maximum atomic E-state index is 12.4. The Labute approximate surface area is 171 Å². The van der Waals surface area contributed by atoms with Crippen LogP contribution >= 0.6 is 34.8 Å². The topological polar surface area (TPSA) is 65.1 Å². The molecular weight excluding hydrogens is 407 g/mol. The van der Waals surface area contributed by atoms with Crippen LogP contribution in [0.25, 0.3) is 5.69 Å². The van der Waals surface area contributed by atoms with Gasteiger partial charge >= 0.3 is 0 Å². The number of carbonyl (C=O) groups excluding carboxylic acids is 2. The van der Waals surface area contributed by atoms with E-state index in [0.29, 0.717) is 37.6 Å². The summed E-state index contributed by atoms with van der Waals surface area (Å²) in [6, 6.07) is 13.4. The first-order valence-corrected chi connectivity index (χ1v) is 9.16. The zero-order valence-electron chi connectivity index (χ0n) is 14.2. The van der Waals surface area contributed by atoms with Gasteiger partial charge in [-0.25, -0.2) is 0 Å². The van der Waals surface area contributed by atoms with Gasteiger partial charge in [-0.1, -0.05) is 40.9 Å². The molecule has 7 heteroatoms. The van der Waals surface area contributed by atoms with Crippen LogP contribution in [0.15, 0.2) is 54.7 Å². The molecule has 1 unspecified atom stereocenters. The van der Waals surface area contributed by atoms with Gasteiger partial charge in [0.15, 0.2) is 5.78 Å². The van der Waals surface area contributed by atoms with E-state index in [4.69, 9.17) is 40.5 Å². The highest BCUT2D eigenvalue weighted by molar-refractivity contribution is 6.36. The first-order chi connectivity index (χ1) is 12.8. The Morgan fingerprint density at radius 3 is 2.26 bits per heavy atom. The first kappa shape index (κ1) is 19.5. The van der Waals surface area contributed by atoms with E-state index in [9.17, 15) is 9.59 Å². The molecule has 3 rings (SSSR count). The molecule has 0 spiro atoms. The quantitative estimate of drug-likeness (QED) is 0.571. The summed E-state index contributed by atoms with van der Waals surface area (Å²) in [6.45, 7) is 1.46. The molecule has 2 N–H and O–H groups in total. The average molecular weight is 422 g/mol. The second kappa shape index (κ2) is 7.77. The zero-order valence-corrected chi connectivity index (χ0v) is 16.5. The van der Waals surface area contributed by atoms with Gasteiger partial charge in [-0.15, -0.1) is 0 Å². The number of carbonyl (C=O) groups is 2. The SMILES string of the molecule is CC(=O)c1ccc(Cl)cc1-n1cccc1C(C(N)=O)c1c(Cl)cccc1Cl. The third kappa shape index (κ3) is 3.74. The highest BCUT2D eigenvalue weighted by Gasteiger charge is 2.28. The van der Waals surface area contributed by atoms with Crippen molar-refractivity contribution < 1.29 is 9.59 Å². The number of aromatic nitrogens is 1. The van der Waals surface area contributed by atoms with E-state index in [-0.39, 0.29) is 5.78 Å². The molecule has 0 aliphatic heterocycles. The lowest BCUT2D eigenvalue weighted by atomic mass is 9.94. The number of hydrogen-bond donors (Lipinski definition) is 1. The Hall–Kier alpha value is -2.27. The summed E-state index contributed by atoms with van der Waals surface area (Å²) in [5.41, 5.74) is 7.67. The number of nitrogens with zero attached hydrogens (tertiary/aromatic N) is 1. The maximum absolute atomic E-state index is 12.4. The van der Waals surface area contributed by atoms with E-state index in [0.717, 1.165) is 0 Å². The third-order valence-corrected chi connectivity index (χ3v) is 5.14. The van der Waals surface area contributed by atoms with Crippen molar-refractivity contribution in [1.82, 2.24) is 4.57 Å². The second-order valence-electron chi connectivity index (χ2n) is 5.99. The molecule has 1 atom stereocenters. The van der Waals surface area contributed by atoms with Crippen LogP contribution in [0.4, 0.5) is 0 Å². The number of halogens is 3. The largest absolute Gasteiger partial charge is 0.369 e. The molecule has 0 bridgehead atoms. The molecule has 0 radical (unpaired) electrons. The lowest BCUT2D eigenvalue weighted by Gasteiger charge is -2.21. The van der Waals surface area contributed by atoms with Crippen molar-refractivity contribution >= 4 is 46.5 Å². The van der Waals surface area contributed by atoms with Gasteiger partial charge in [-0.05, 0) is 49.4 Å². The van der Waals surface area contributed by atoms with E-state index in [1.54, 1.807) is 59.3 Å². The van der Waals surface area contributed by atoms with Gasteiger partial charge in [0.2, 0.25) is 5.91 Å². The van der Waals surface area contributed by atoms with Crippen molar-refractivity contribution in [1.29, 1.82) is 0 Å². The average Bonchev–Trinajstić information content (AvgIpc) is 3.06. The van der Waals surface area contributed by atoms with E-state index in [1.807, 2.05) is 0 Å². The summed E-state index contributed by atoms with van der Waals surface area (Å²) in [7, 11) is 0. The molecule has 0 aliphatic rings. The molecule has 4 nitrogen and oxygen atoms in total. The smallest absolute Gasteiger partial charge is 0.231 e. The minimum Gasteiger partial charge on any atom is -0.369 e. The lowest BCUT2D eigenvalue weighted by Crippen LogP contribution is -2.25. The Balaban J connectivity index is 2.27. The number of benzene rings is 2. The number of nitrogens with two attached hydrogens (primary N) is 1. The van der Waals surface area contributed by atoms with Crippen LogP contribution in [0.1, 0.15) is 34.5 Å². The van der Waals surface area contributed by atoms with Gasteiger partial charge < -0.3 is 10.3 Å². The van der Waals surface area contributed by atoms with Gasteiger partial charge in [-0.3, -0.25) is 9.59 Å². The van der Waals surface area contributed by atoms with E-state index in [1.165, 1.54) is 6.92 Å². The van der Waals surface area contributed by atoms with Crippen LogP contribution in [0.2, 0.25) is 15.1 Å². The molecule has 0 fully saturated rings. The molecule has 27 heavy (non-hydrogen) atoms. The van der Waals surface area contributed by atoms with Crippen LogP contribution in [-0.2, 0) is 4.79 Å². The fourth-order valence-electron chi connectivity index (χ4n) is 3.07. The molecule has 0 aliphatic carbocycles. The molecule has 138 valence electrons. The number of rotatable bonds is 5. The lowest BCUT2D eigenvalue weighted by molar-refractivity contribution is -0.118. The Morgan fingerprint density at radius 1 is 1.00 bits per heavy atom. The van der Waals surface area contributed by atoms with Crippen LogP contribution in [0.5, 0.6) is 0 Å². The van der Waals surface area contributed by atoms with Crippen molar-refractivity contribution in [3.8, 4) is 5.69 Å². The number of primary amides is 1. The van der Waals surface area contributed by atoms with Crippen molar-refractivity contribution in [2.75, 3.05) is 0 Å². The van der Waals surface area contributed by atoms with E-state index in [2.05, 4.69) is 0 Å². The predicted octanol–water partition coefficient (Wildman–Crippen LogP) is 5.26. The van der Waals surface area contributed by atoms with Crippen molar-refractivity contribution in [3.05, 3.63) is 86.6 Å². The third-order valence-electron chi connectivity index (χ3n) is 4.25. The van der Waals surface area contributed by atoms with Crippen molar-refractivity contribution in [3.63, 3.8) is 0 Å². The predicted molar refractivity (Wildman–Crippen MR) is 108 cm³/mol. The number of Topliss-reactive ketones (excluding diaryl/α,β-unsaturated/α-hetero) is 1. The van der Waals surface area contributed by atoms with Crippen LogP contribution in [0.3, 0.4) is 0 Å². The molecule has 0 saturated heterocycles. The highest BCUT2D eigenvalue weighted by atomic mass is 35.5. The zero-order chi connectivity index (χ0) is 19.7. The molecule has 3 aromatic rings. The number of ketones is 1. The molecule has 1 amide bonds. The van der Waals surface area contributed by atoms with Gasteiger partial charge in [0, 0.05) is 38.1 Å². The summed E-state index contributed by atoms with van der Waals surface area (Å²) >= 11 is 18.8. The molecule has 1 heterocycles. The minimum atomic E-state index is -0.903. The van der Waals surface area contributed by atoms with Crippen LogP contribution in [-0.4, -0.2) is 16.3 Å². The van der Waals surface area contributed by atoms with Gasteiger partial charge in [0.05, 0.1) is 5.69 Å². The van der Waals surface area contributed by atoms with Gasteiger partial charge in [-0.2, -0.15) is 0 Å². The Kier molecular flexibility index (Phi) is 5.61. The summed E-state index contributed by atoms with van der Waals surface area (Å²) in [5, 5.41) is 1.12. The molecule has 0 saturated carbocycles. The van der Waals surface area contributed by atoms with Gasteiger partial charge in [0.1, 0.15) is 5.92 Å². The normalized spacial score (nSPS) is 12.0. The monoisotopic (exact) mass is 420 g/mol. The Bertz CT molecular complexity index is 1020. The first-order valence-electron chi connectivity index (χ1n) is 8.02. The summed E-state index contributed by atoms with van der Waals surface area (Å²) < 4.78 is 1.71. The number of hydrogen-bond acceptors (Lipinski definition) is 2. The van der Waals surface area contributed by atoms with E-state index < -0.39 is 11.8 Å². The van der Waals surface area contributed by atoms with E-state index >= 15 is 0 Å². The van der Waals surface area contributed by atoms with Crippen molar-refractivity contribution in [2.45, 2.75) is 12.8 Å². The fourth-order valence-corrected chi connectivity index (χ4v) is 3.85.